The quantitative estimate of drug-likeness (QED) is 0.636. The second kappa shape index (κ2) is 6.70. The maximum absolute atomic E-state index is 3.62. The van der Waals surface area contributed by atoms with E-state index < -0.39 is 0 Å². The van der Waals surface area contributed by atoms with Crippen LogP contribution < -0.4 is 0 Å². The van der Waals surface area contributed by atoms with Gasteiger partial charge in [-0.1, -0.05) is 64.3 Å². The van der Waals surface area contributed by atoms with Gasteiger partial charge in [0.05, 0.1) is 0 Å². The molecule has 0 aliphatic carbocycles. The average molecular weight is 334 g/mol. The molecule has 0 N–H and O–H groups in total. The Balaban J connectivity index is 2.73. The summed E-state index contributed by atoms with van der Waals surface area (Å²) < 4.78 is 1.18. The fourth-order valence-corrected chi connectivity index (χ4v) is 2.76. The number of alkyl halides is 1. The molecule has 0 aliphatic rings. The van der Waals surface area contributed by atoms with E-state index in [-0.39, 0.29) is 0 Å². The lowest BCUT2D eigenvalue weighted by Crippen LogP contribution is -2.05. The topological polar surface area (TPSA) is 0 Å². The highest BCUT2D eigenvalue weighted by Crippen LogP contribution is 2.28. The van der Waals surface area contributed by atoms with E-state index in [2.05, 4.69) is 70.0 Å². The summed E-state index contributed by atoms with van der Waals surface area (Å²) >= 11 is 7.15. The monoisotopic (exact) mass is 332 g/mol. The van der Waals surface area contributed by atoms with Crippen LogP contribution in [-0.4, -0.2) is 5.33 Å². The SMILES string of the molecule is CCC(C)CC(CBr)c1cccc(Br)c1. The van der Waals surface area contributed by atoms with Crippen LogP contribution in [0.3, 0.4) is 0 Å². The van der Waals surface area contributed by atoms with Gasteiger partial charge in [0.1, 0.15) is 0 Å². The lowest BCUT2D eigenvalue weighted by Gasteiger charge is -2.18. The molecular formula is C13H18Br2. The molecule has 0 radical (unpaired) electrons. The van der Waals surface area contributed by atoms with Crippen LogP contribution in [0.4, 0.5) is 0 Å². The van der Waals surface area contributed by atoms with Crippen molar-refractivity contribution in [2.45, 2.75) is 32.6 Å². The van der Waals surface area contributed by atoms with Crippen LogP contribution in [-0.2, 0) is 0 Å². The number of hydrogen-bond donors (Lipinski definition) is 0. The van der Waals surface area contributed by atoms with Crippen LogP contribution in [0.15, 0.2) is 28.7 Å². The number of halogens is 2. The summed E-state index contributed by atoms with van der Waals surface area (Å²) in [5.41, 5.74) is 1.43. The lowest BCUT2D eigenvalue weighted by molar-refractivity contribution is 0.475. The largest absolute Gasteiger partial charge is 0.0921 e. The molecule has 2 atom stereocenters. The minimum Gasteiger partial charge on any atom is -0.0921 e. The second-order valence-electron chi connectivity index (χ2n) is 4.16. The molecule has 1 rings (SSSR count). The summed E-state index contributed by atoms with van der Waals surface area (Å²) in [6.45, 7) is 4.59. The normalized spacial score (nSPS) is 14.9. The van der Waals surface area contributed by atoms with E-state index in [9.17, 15) is 0 Å². The Hall–Kier alpha value is 0.180. The smallest absolute Gasteiger partial charge is 0.0178 e. The van der Waals surface area contributed by atoms with Crippen LogP contribution in [0, 0.1) is 5.92 Å². The fraction of sp³-hybridized carbons (Fsp3) is 0.538. The third-order valence-electron chi connectivity index (χ3n) is 2.89. The van der Waals surface area contributed by atoms with Gasteiger partial charge in [0.2, 0.25) is 0 Å². The Bertz CT molecular complexity index is 296. The molecule has 0 nitrogen and oxygen atoms in total. The third-order valence-corrected chi connectivity index (χ3v) is 4.16. The minimum absolute atomic E-state index is 0.637. The van der Waals surface area contributed by atoms with Crippen molar-refractivity contribution in [3.8, 4) is 0 Å². The minimum atomic E-state index is 0.637. The van der Waals surface area contributed by atoms with Gasteiger partial charge < -0.3 is 0 Å². The predicted molar refractivity (Wildman–Crippen MR) is 74.7 cm³/mol. The number of benzene rings is 1. The van der Waals surface area contributed by atoms with Gasteiger partial charge in [-0.05, 0) is 36.0 Å². The summed E-state index contributed by atoms with van der Waals surface area (Å²) in [4.78, 5) is 0. The Morgan fingerprint density at radius 2 is 2.07 bits per heavy atom. The Morgan fingerprint density at radius 1 is 1.33 bits per heavy atom. The van der Waals surface area contributed by atoms with E-state index in [1.165, 1.54) is 22.9 Å². The first kappa shape index (κ1) is 13.2. The molecule has 2 unspecified atom stereocenters. The van der Waals surface area contributed by atoms with Crippen molar-refractivity contribution in [3.05, 3.63) is 34.3 Å². The molecule has 2 heteroatoms. The van der Waals surface area contributed by atoms with E-state index in [4.69, 9.17) is 0 Å². The summed E-state index contributed by atoms with van der Waals surface area (Å²) in [6, 6.07) is 8.65. The van der Waals surface area contributed by atoms with E-state index in [1.807, 2.05) is 0 Å². The summed E-state index contributed by atoms with van der Waals surface area (Å²) in [6.07, 6.45) is 2.52. The molecule has 0 spiro atoms. The van der Waals surface area contributed by atoms with E-state index in [0.717, 1.165) is 11.2 Å². The summed E-state index contributed by atoms with van der Waals surface area (Å²) in [7, 11) is 0. The zero-order chi connectivity index (χ0) is 11.3. The molecule has 1 aromatic rings. The van der Waals surface area contributed by atoms with Gasteiger partial charge in [-0.15, -0.1) is 0 Å². The lowest BCUT2D eigenvalue weighted by atomic mass is 9.90. The van der Waals surface area contributed by atoms with E-state index >= 15 is 0 Å². The van der Waals surface area contributed by atoms with Crippen molar-refractivity contribution in [2.75, 3.05) is 5.33 Å². The molecule has 1 aromatic carbocycles. The maximum Gasteiger partial charge on any atom is 0.0178 e. The van der Waals surface area contributed by atoms with Crippen LogP contribution in [0.25, 0.3) is 0 Å². The van der Waals surface area contributed by atoms with E-state index in [0.29, 0.717) is 5.92 Å². The first-order valence-electron chi connectivity index (χ1n) is 5.48. The Morgan fingerprint density at radius 3 is 2.60 bits per heavy atom. The molecule has 0 aromatic heterocycles. The summed E-state index contributed by atoms with van der Waals surface area (Å²) in [5.74, 6) is 1.43. The molecular weight excluding hydrogens is 316 g/mol. The predicted octanol–water partition coefficient (Wildman–Crippen LogP) is 5.36. The van der Waals surface area contributed by atoms with Crippen molar-refractivity contribution < 1.29 is 0 Å². The van der Waals surface area contributed by atoms with Gasteiger partial charge in [0.25, 0.3) is 0 Å². The average Bonchev–Trinajstić information content (AvgIpc) is 2.25. The van der Waals surface area contributed by atoms with Gasteiger partial charge in [-0.3, -0.25) is 0 Å². The first-order chi connectivity index (χ1) is 7.17. The van der Waals surface area contributed by atoms with Crippen molar-refractivity contribution in [1.82, 2.24) is 0 Å². The highest BCUT2D eigenvalue weighted by Gasteiger charge is 2.13. The first-order valence-corrected chi connectivity index (χ1v) is 7.40. The number of hydrogen-bond acceptors (Lipinski definition) is 0. The molecule has 0 amide bonds. The van der Waals surface area contributed by atoms with Crippen LogP contribution in [0.2, 0.25) is 0 Å². The van der Waals surface area contributed by atoms with Crippen LogP contribution in [0.5, 0.6) is 0 Å². The molecule has 15 heavy (non-hydrogen) atoms. The molecule has 84 valence electrons. The van der Waals surface area contributed by atoms with Crippen molar-refractivity contribution >= 4 is 31.9 Å². The second-order valence-corrected chi connectivity index (χ2v) is 5.72. The van der Waals surface area contributed by atoms with Gasteiger partial charge in [-0.2, -0.15) is 0 Å². The maximum atomic E-state index is 3.62. The van der Waals surface area contributed by atoms with Gasteiger partial charge in [0.15, 0.2) is 0 Å². The third kappa shape index (κ3) is 4.28. The fourth-order valence-electron chi connectivity index (χ4n) is 1.70. The molecule has 0 saturated carbocycles. The van der Waals surface area contributed by atoms with Gasteiger partial charge >= 0.3 is 0 Å². The van der Waals surface area contributed by atoms with E-state index in [1.54, 1.807) is 0 Å². The molecule has 0 saturated heterocycles. The van der Waals surface area contributed by atoms with Gasteiger partial charge in [0, 0.05) is 9.80 Å². The van der Waals surface area contributed by atoms with Crippen LogP contribution in [0.1, 0.15) is 38.2 Å². The molecule has 0 fully saturated rings. The zero-order valence-electron chi connectivity index (χ0n) is 9.34. The highest BCUT2D eigenvalue weighted by molar-refractivity contribution is 9.10. The van der Waals surface area contributed by atoms with Crippen LogP contribution >= 0.6 is 31.9 Å². The summed E-state index contributed by atoms with van der Waals surface area (Å²) in [5, 5.41) is 1.05. The number of rotatable bonds is 5. The molecule has 0 bridgehead atoms. The zero-order valence-corrected chi connectivity index (χ0v) is 12.5. The van der Waals surface area contributed by atoms with Crippen molar-refractivity contribution in [3.63, 3.8) is 0 Å². The Kier molecular flexibility index (Phi) is 5.91. The van der Waals surface area contributed by atoms with Gasteiger partial charge in [-0.25, -0.2) is 0 Å². The Labute approximate surface area is 110 Å². The highest BCUT2D eigenvalue weighted by atomic mass is 79.9. The van der Waals surface area contributed by atoms with Crippen molar-refractivity contribution in [2.24, 2.45) is 5.92 Å². The van der Waals surface area contributed by atoms with Crippen molar-refractivity contribution in [1.29, 1.82) is 0 Å². The molecule has 0 aliphatic heterocycles. The standard InChI is InChI=1S/C13H18Br2/c1-3-10(2)7-12(9-14)11-5-4-6-13(15)8-11/h4-6,8,10,12H,3,7,9H2,1-2H3. The molecule has 0 heterocycles.